The van der Waals surface area contributed by atoms with Crippen LogP contribution in [-0.4, -0.2) is 28.1 Å². The van der Waals surface area contributed by atoms with Crippen molar-refractivity contribution in [1.82, 2.24) is 9.78 Å². The monoisotopic (exact) mass is 410 g/mol. The van der Waals surface area contributed by atoms with Crippen molar-refractivity contribution < 1.29 is 18.7 Å². The van der Waals surface area contributed by atoms with Gasteiger partial charge in [-0.1, -0.05) is 32.0 Å². The SMILES string of the molecule is CC(C)Cn1nc(C(=O)OCCCC(=O)c2ccc(F)cc2)c2ccccc2c1=O. The van der Waals surface area contributed by atoms with Crippen molar-refractivity contribution >= 4 is 22.5 Å². The van der Waals surface area contributed by atoms with Crippen LogP contribution in [0.3, 0.4) is 0 Å². The average Bonchev–Trinajstić information content (AvgIpc) is 2.73. The molecule has 0 aliphatic rings. The zero-order valence-electron chi connectivity index (χ0n) is 16.9. The minimum absolute atomic E-state index is 0.0328. The van der Waals surface area contributed by atoms with E-state index in [1.807, 2.05) is 13.8 Å². The summed E-state index contributed by atoms with van der Waals surface area (Å²) in [6.45, 7) is 4.33. The zero-order chi connectivity index (χ0) is 21.7. The largest absolute Gasteiger partial charge is 0.461 e. The summed E-state index contributed by atoms with van der Waals surface area (Å²) < 4.78 is 19.6. The molecule has 0 atom stereocenters. The lowest BCUT2D eigenvalue weighted by atomic mass is 10.1. The van der Waals surface area contributed by atoms with E-state index in [-0.39, 0.29) is 36.0 Å². The maximum atomic E-state index is 12.9. The Morgan fingerprint density at radius 1 is 1.07 bits per heavy atom. The molecule has 6 nitrogen and oxygen atoms in total. The van der Waals surface area contributed by atoms with E-state index in [2.05, 4.69) is 5.10 Å². The highest BCUT2D eigenvalue weighted by molar-refractivity contribution is 6.02. The van der Waals surface area contributed by atoms with Crippen LogP contribution in [0.1, 0.15) is 47.5 Å². The molecular formula is C23H23FN2O4. The van der Waals surface area contributed by atoms with Gasteiger partial charge in [0, 0.05) is 23.9 Å². The molecule has 0 fully saturated rings. The van der Waals surface area contributed by atoms with Crippen molar-refractivity contribution in [1.29, 1.82) is 0 Å². The van der Waals surface area contributed by atoms with Gasteiger partial charge >= 0.3 is 5.97 Å². The first kappa shape index (κ1) is 21.4. The maximum Gasteiger partial charge on any atom is 0.359 e. The van der Waals surface area contributed by atoms with Crippen molar-refractivity contribution in [2.24, 2.45) is 5.92 Å². The number of rotatable bonds is 8. The summed E-state index contributed by atoms with van der Waals surface area (Å²) in [5.41, 5.74) is 0.243. The number of nitrogens with zero attached hydrogens (tertiary/aromatic N) is 2. The molecule has 0 saturated heterocycles. The van der Waals surface area contributed by atoms with Gasteiger partial charge in [0.1, 0.15) is 5.82 Å². The summed E-state index contributed by atoms with van der Waals surface area (Å²) in [7, 11) is 0. The Hall–Kier alpha value is -3.35. The molecule has 0 aliphatic carbocycles. The number of fused-ring (bicyclic) bond motifs is 1. The summed E-state index contributed by atoms with van der Waals surface area (Å²) >= 11 is 0. The topological polar surface area (TPSA) is 78.3 Å². The second-order valence-corrected chi connectivity index (χ2v) is 7.44. The fraction of sp³-hybridized carbons (Fsp3) is 0.304. The molecule has 2 aromatic carbocycles. The third kappa shape index (κ3) is 4.97. The van der Waals surface area contributed by atoms with Gasteiger partial charge in [0.25, 0.3) is 5.56 Å². The normalized spacial score (nSPS) is 11.1. The first-order valence-electron chi connectivity index (χ1n) is 9.82. The van der Waals surface area contributed by atoms with Gasteiger partial charge in [-0.2, -0.15) is 5.10 Å². The molecule has 0 radical (unpaired) electrons. The second-order valence-electron chi connectivity index (χ2n) is 7.44. The van der Waals surface area contributed by atoms with Crippen LogP contribution < -0.4 is 5.56 Å². The van der Waals surface area contributed by atoms with Crippen LogP contribution in [0.2, 0.25) is 0 Å². The molecule has 7 heteroatoms. The highest BCUT2D eigenvalue weighted by Gasteiger charge is 2.18. The van der Waals surface area contributed by atoms with E-state index in [1.165, 1.54) is 28.9 Å². The quantitative estimate of drug-likeness (QED) is 0.319. The van der Waals surface area contributed by atoms with Crippen molar-refractivity contribution in [3.05, 3.63) is 76.0 Å². The molecule has 0 bridgehead atoms. The first-order valence-corrected chi connectivity index (χ1v) is 9.82. The molecule has 1 heterocycles. The van der Waals surface area contributed by atoms with Gasteiger partial charge in [-0.05, 0) is 42.7 Å². The molecule has 0 amide bonds. The van der Waals surface area contributed by atoms with E-state index < -0.39 is 11.8 Å². The van der Waals surface area contributed by atoms with Crippen molar-refractivity contribution in [2.45, 2.75) is 33.2 Å². The number of halogens is 1. The lowest BCUT2D eigenvalue weighted by Gasteiger charge is -2.12. The number of ether oxygens (including phenoxy) is 1. The van der Waals surface area contributed by atoms with E-state index in [1.54, 1.807) is 24.3 Å². The third-order valence-corrected chi connectivity index (χ3v) is 4.55. The number of carbonyl (C=O) groups is 2. The van der Waals surface area contributed by atoms with Crippen LogP contribution in [0, 0.1) is 11.7 Å². The summed E-state index contributed by atoms with van der Waals surface area (Å²) in [6.07, 6.45) is 0.492. The fourth-order valence-corrected chi connectivity index (χ4v) is 3.10. The lowest BCUT2D eigenvalue weighted by Crippen LogP contribution is -2.28. The Morgan fingerprint density at radius 2 is 1.73 bits per heavy atom. The fourth-order valence-electron chi connectivity index (χ4n) is 3.10. The van der Waals surface area contributed by atoms with Gasteiger partial charge in [-0.15, -0.1) is 0 Å². The number of Topliss-reactive ketones (excluding diaryl/α,β-unsaturated/α-hetero) is 1. The molecule has 0 N–H and O–H groups in total. The molecular weight excluding hydrogens is 387 g/mol. The molecule has 0 spiro atoms. The van der Waals surface area contributed by atoms with E-state index >= 15 is 0 Å². The predicted octanol–water partition coefficient (Wildman–Crippen LogP) is 4.01. The number of aromatic nitrogens is 2. The Kier molecular flexibility index (Phi) is 6.72. The van der Waals surface area contributed by atoms with Gasteiger partial charge in [-0.3, -0.25) is 9.59 Å². The Bertz CT molecular complexity index is 1120. The van der Waals surface area contributed by atoms with E-state index in [0.717, 1.165) is 0 Å². The summed E-state index contributed by atoms with van der Waals surface area (Å²) in [4.78, 5) is 37.4. The summed E-state index contributed by atoms with van der Waals surface area (Å²) in [5, 5.41) is 5.09. The summed E-state index contributed by atoms with van der Waals surface area (Å²) in [6, 6.07) is 12.1. The van der Waals surface area contributed by atoms with Crippen molar-refractivity contribution in [3.8, 4) is 0 Å². The van der Waals surface area contributed by atoms with Gasteiger partial charge < -0.3 is 4.74 Å². The molecule has 156 valence electrons. The number of esters is 1. The average molecular weight is 410 g/mol. The Morgan fingerprint density at radius 3 is 2.40 bits per heavy atom. The smallest absolute Gasteiger partial charge is 0.359 e. The lowest BCUT2D eigenvalue weighted by molar-refractivity contribution is 0.0486. The van der Waals surface area contributed by atoms with Gasteiger partial charge in [0.2, 0.25) is 0 Å². The zero-order valence-corrected chi connectivity index (χ0v) is 16.9. The number of carbonyl (C=O) groups excluding carboxylic acids is 2. The minimum Gasteiger partial charge on any atom is -0.461 e. The highest BCUT2D eigenvalue weighted by Crippen LogP contribution is 2.15. The van der Waals surface area contributed by atoms with Gasteiger partial charge in [0.05, 0.1) is 12.0 Å². The van der Waals surface area contributed by atoms with Crippen LogP contribution in [-0.2, 0) is 11.3 Å². The highest BCUT2D eigenvalue weighted by atomic mass is 19.1. The number of hydrogen-bond donors (Lipinski definition) is 0. The molecule has 1 aromatic heterocycles. The number of hydrogen-bond acceptors (Lipinski definition) is 5. The van der Waals surface area contributed by atoms with E-state index in [9.17, 15) is 18.8 Å². The molecule has 3 rings (SSSR count). The third-order valence-electron chi connectivity index (χ3n) is 4.55. The molecule has 0 aliphatic heterocycles. The molecule has 30 heavy (non-hydrogen) atoms. The van der Waals surface area contributed by atoms with E-state index in [0.29, 0.717) is 29.3 Å². The minimum atomic E-state index is -0.641. The summed E-state index contributed by atoms with van der Waals surface area (Å²) in [5.74, 6) is -1.02. The number of ketones is 1. The second kappa shape index (κ2) is 9.43. The molecule has 0 saturated carbocycles. The van der Waals surface area contributed by atoms with E-state index in [4.69, 9.17) is 4.74 Å². The van der Waals surface area contributed by atoms with Crippen molar-refractivity contribution in [2.75, 3.05) is 6.61 Å². The van der Waals surface area contributed by atoms with Crippen LogP contribution in [0.4, 0.5) is 4.39 Å². The Labute approximate surface area is 173 Å². The van der Waals surface area contributed by atoms with Crippen LogP contribution in [0.15, 0.2) is 53.3 Å². The van der Waals surface area contributed by atoms with Crippen LogP contribution in [0.25, 0.3) is 10.8 Å². The van der Waals surface area contributed by atoms with Gasteiger partial charge in [0.15, 0.2) is 11.5 Å². The first-order chi connectivity index (χ1) is 14.4. The number of benzene rings is 2. The standard InChI is InChI=1S/C23H23FN2O4/c1-15(2)14-26-22(28)19-7-4-3-6-18(19)21(25-26)23(29)30-13-5-8-20(27)16-9-11-17(24)12-10-16/h3-4,6-7,9-12,15H,5,8,13-14H2,1-2H3. The predicted molar refractivity (Wildman–Crippen MR) is 111 cm³/mol. The molecule has 0 unspecified atom stereocenters. The Balaban J connectivity index is 1.69. The van der Waals surface area contributed by atoms with Gasteiger partial charge in [-0.25, -0.2) is 13.9 Å². The van der Waals surface area contributed by atoms with Crippen LogP contribution >= 0.6 is 0 Å². The molecule has 3 aromatic rings. The van der Waals surface area contributed by atoms with Crippen molar-refractivity contribution in [3.63, 3.8) is 0 Å². The maximum absolute atomic E-state index is 12.9. The van der Waals surface area contributed by atoms with Crippen LogP contribution in [0.5, 0.6) is 0 Å².